The van der Waals surface area contributed by atoms with Gasteiger partial charge in [0.05, 0.1) is 6.26 Å². The van der Waals surface area contributed by atoms with Crippen LogP contribution in [0.5, 0.6) is 0 Å². The van der Waals surface area contributed by atoms with E-state index < -0.39 is 0 Å². The smallest absolute Gasteiger partial charge is 0.126 e. The van der Waals surface area contributed by atoms with Crippen LogP contribution in [0.25, 0.3) is 6.08 Å². The van der Waals surface area contributed by atoms with E-state index in [0.717, 1.165) is 38.1 Å². The van der Waals surface area contributed by atoms with Crippen molar-refractivity contribution in [3.63, 3.8) is 0 Å². The number of furan rings is 1. The number of hydrogen-bond acceptors (Lipinski definition) is 2. The van der Waals surface area contributed by atoms with Crippen molar-refractivity contribution >= 4 is 6.08 Å². The Kier molecular flexibility index (Phi) is 6.12. The Morgan fingerprint density at radius 2 is 2.40 bits per heavy atom. The number of rotatable bonds is 7. The molecule has 0 unspecified atom stereocenters. The van der Waals surface area contributed by atoms with Gasteiger partial charge in [0, 0.05) is 13.0 Å². The lowest BCUT2D eigenvalue weighted by molar-refractivity contribution is 0.556. The van der Waals surface area contributed by atoms with Gasteiger partial charge in [-0.3, -0.25) is 0 Å². The first-order chi connectivity index (χ1) is 7.43. The summed E-state index contributed by atoms with van der Waals surface area (Å²) in [7, 11) is 0. The first kappa shape index (κ1) is 11.6. The molecule has 0 saturated heterocycles. The summed E-state index contributed by atoms with van der Waals surface area (Å²) >= 11 is 0. The second-order valence-electron chi connectivity index (χ2n) is 3.28. The van der Waals surface area contributed by atoms with Gasteiger partial charge in [-0.25, -0.2) is 0 Å². The fourth-order valence-electron chi connectivity index (χ4n) is 1.22. The molecule has 1 rings (SSSR count). The molecule has 80 valence electrons. The lowest BCUT2D eigenvalue weighted by atomic mass is 10.2. The van der Waals surface area contributed by atoms with Gasteiger partial charge in [0.2, 0.25) is 0 Å². The molecule has 0 aliphatic heterocycles. The van der Waals surface area contributed by atoms with Gasteiger partial charge in [0.25, 0.3) is 0 Å². The summed E-state index contributed by atoms with van der Waals surface area (Å²) in [4.78, 5) is 0. The molecule has 0 radical (unpaired) electrons. The van der Waals surface area contributed by atoms with E-state index in [2.05, 4.69) is 17.3 Å². The normalized spacial score (nSPS) is 10.6. The van der Waals surface area contributed by atoms with Gasteiger partial charge in [-0.1, -0.05) is 6.08 Å². The first-order valence-electron chi connectivity index (χ1n) is 5.27. The van der Waals surface area contributed by atoms with Crippen molar-refractivity contribution in [2.75, 3.05) is 13.1 Å². The molecule has 0 aromatic carbocycles. The Balaban J connectivity index is 1.95. The van der Waals surface area contributed by atoms with Crippen molar-refractivity contribution in [1.29, 1.82) is 0 Å². The van der Waals surface area contributed by atoms with E-state index >= 15 is 0 Å². The molecule has 0 atom stereocenters. The van der Waals surface area contributed by atoms with Gasteiger partial charge in [-0.05, 0) is 37.6 Å². The van der Waals surface area contributed by atoms with Crippen LogP contribution in [0.15, 0.2) is 28.9 Å². The zero-order valence-electron chi connectivity index (χ0n) is 8.91. The van der Waals surface area contributed by atoms with Crippen LogP contribution in [0.3, 0.4) is 0 Å². The Bertz CT molecular complexity index is 306. The zero-order chi connectivity index (χ0) is 10.8. The van der Waals surface area contributed by atoms with Gasteiger partial charge in [-0.15, -0.1) is 12.3 Å². The number of hydrogen-bond donors (Lipinski definition) is 1. The summed E-state index contributed by atoms with van der Waals surface area (Å²) in [5, 5.41) is 3.31. The fraction of sp³-hybridized carbons (Fsp3) is 0.385. The van der Waals surface area contributed by atoms with Crippen LogP contribution in [-0.4, -0.2) is 13.1 Å². The summed E-state index contributed by atoms with van der Waals surface area (Å²) < 4.78 is 5.16. The Hall–Kier alpha value is -1.46. The van der Waals surface area contributed by atoms with E-state index in [1.807, 2.05) is 18.2 Å². The monoisotopic (exact) mass is 203 g/mol. The highest BCUT2D eigenvalue weighted by Gasteiger charge is 1.87. The molecule has 0 aliphatic carbocycles. The third-order valence-corrected chi connectivity index (χ3v) is 2.01. The summed E-state index contributed by atoms with van der Waals surface area (Å²) in [6.45, 7) is 1.89. The molecule has 0 aliphatic rings. The molecule has 2 nitrogen and oxygen atoms in total. The predicted octanol–water partition coefficient (Wildman–Crippen LogP) is 2.69. The van der Waals surface area contributed by atoms with Gasteiger partial charge in [-0.2, -0.15) is 0 Å². The highest BCUT2D eigenvalue weighted by atomic mass is 16.3. The average Bonchev–Trinajstić information content (AvgIpc) is 2.75. The highest BCUT2D eigenvalue weighted by molar-refractivity contribution is 5.42. The maximum atomic E-state index is 5.16. The molecule has 0 amide bonds. The largest absolute Gasteiger partial charge is 0.465 e. The Morgan fingerprint density at radius 3 is 3.13 bits per heavy atom. The summed E-state index contributed by atoms with van der Waals surface area (Å²) in [5.41, 5.74) is 0. The molecule has 15 heavy (non-hydrogen) atoms. The van der Waals surface area contributed by atoms with Gasteiger partial charge >= 0.3 is 0 Å². The molecule has 2 heteroatoms. The van der Waals surface area contributed by atoms with E-state index in [1.165, 1.54) is 0 Å². The summed E-state index contributed by atoms with van der Waals surface area (Å²) in [6, 6.07) is 3.82. The second kappa shape index (κ2) is 7.90. The molecule has 1 heterocycles. The maximum absolute atomic E-state index is 5.16. The van der Waals surface area contributed by atoms with Gasteiger partial charge in [0.1, 0.15) is 5.76 Å². The minimum atomic E-state index is 0.872. The number of terminal acetylenes is 1. The third-order valence-electron chi connectivity index (χ3n) is 2.01. The minimum absolute atomic E-state index is 0.872. The lowest BCUT2D eigenvalue weighted by Crippen LogP contribution is -2.14. The number of nitrogens with one attached hydrogen (secondary N) is 1. The first-order valence-corrected chi connectivity index (χ1v) is 5.27. The van der Waals surface area contributed by atoms with Gasteiger partial charge < -0.3 is 9.73 Å². The van der Waals surface area contributed by atoms with Crippen LogP contribution < -0.4 is 5.32 Å². The van der Waals surface area contributed by atoms with E-state index in [1.54, 1.807) is 6.26 Å². The quantitative estimate of drug-likeness (QED) is 0.544. The van der Waals surface area contributed by atoms with Crippen LogP contribution in [0.1, 0.15) is 25.0 Å². The van der Waals surface area contributed by atoms with Crippen LogP contribution in [0, 0.1) is 12.3 Å². The maximum Gasteiger partial charge on any atom is 0.126 e. The summed E-state index contributed by atoms with van der Waals surface area (Å²) in [5.74, 6) is 3.53. The van der Waals surface area contributed by atoms with Crippen molar-refractivity contribution in [2.45, 2.75) is 19.3 Å². The molecule has 1 aromatic rings. The second-order valence-corrected chi connectivity index (χ2v) is 3.28. The molecular weight excluding hydrogens is 186 g/mol. The van der Waals surface area contributed by atoms with Crippen LogP contribution >= 0.6 is 0 Å². The van der Waals surface area contributed by atoms with Crippen molar-refractivity contribution < 1.29 is 4.42 Å². The summed E-state index contributed by atoms with van der Waals surface area (Å²) in [6.07, 6.45) is 14.0. The van der Waals surface area contributed by atoms with Crippen molar-refractivity contribution in [2.24, 2.45) is 0 Å². The number of unbranched alkanes of at least 4 members (excludes halogenated alkanes) is 2. The van der Waals surface area contributed by atoms with Crippen LogP contribution in [0.2, 0.25) is 0 Å². The average molecular weight is 203 g/mol. The van der Waals surface area contributed by atoms with Crippen LogP contribution in [-0.2, 0) is 0 Å². The molecule has 1 aromatic heterocycles. The topological polar surface area (TPSA) is 25.2 Å². The molecule has 0 bridgehead atoms. The predicted molar refractivity (Wildman–Crippen MR) is 63.3 cm³/mol. The SMILES string of the molecule is C#CCCCCNC/C=C/c1ccco1. The van der Waals surface area contributed by atoms with E-state index in [9.17, 15) is 0 Å². The highest BCUT2D eigenvalue weighted by Crippen LogP contribution is 2.01. The lowest BCUT2D eigenvalue weighted by Gasteiger charge is -1.98. The van der Waals surface area contributed by atoms with E-state index in [-0.39, 0.29) is 0 Å². The molecular formula is C13H17NO. The van der Waals surface area contributed by atoms with E-state index in [4.69, 9.17) is 10.8 Å². The molecule has 0 fully saturated rings. The fourth-order valence-corrected chi connectivity index (χ4v) is 1.22. The Morgan fingerprint density at radius 1 is 1.47 bits per heavy atom. The zero-order valence-corrected chi connectivity index (χ0v) is 8.91. The van der Waals surface area contributed by atoms with Crippen molar-refractivity contribution in [1.82, 2.24) is 5.32 Å². The minimum Gasteiger partial charge on any atom is -0.465 e. The van der Waals surface area contributed by atoms with Crippen LogP contribution in [0.4, 0.5) is 0 Å². The third kappa shape index (κ3) is 5.77. The van der Waals surface area contributed by atoms with Gasteiger partial charge in [0.15, 0.2) is 0 Å². The molecule has 0 saturated carbocycles. The Labute approximate surface area is 91.4 Å². The molecule has 0 spiro atoms. The van der Waals surface area contributed by atoms with Crippen molar-refractivity contribution in [3.8, 4) is 12.3 Å². The molecule has 1 N–H and O–H groups in total. The standard InChI is InChI=1S/C13H17NO/c1-2-3-4-5-10-14-11-6-8-13-9-7-12-15-13/h1,6-9,12,14H,3-5,10-11H2/b8-6+. The van der Waals surface area contributed by atoms with E-state index in [0.29, 0.717) is 0 Å². The van der Waals surface area contributed by atoms with Crippen molar-refractivity contribution in [3.05, 3.63) is 30.2 Å².